The third-order valence-corrected chi connectivity index (χ3v) is 2.00. The van der Waals surface area contributed by atoms with E-state index in [2.05, 4.69) is 5.32 Å². The van der Waals surface area contributed by atoms with E-state index in [4.69, 9.17) is 0 Å². The second-order valence-corrected chi connectivity index (χ2v) is 3.40. The number of benzene rings is 1. The normalized spacial score (nSPS) is 9.93. The van der Waals surface area contributed by atoms with E-state index in [0.717, 1.165) is 12.1 Å². The van der Waals surface area contributed by atoms with Crippen molar-refractivity contribution >= 4 is 17.7 Å². The van der Waals surface area contributed by atoms with Crippen molar-refractivity contribution in [1.82, 2.24) is 5.32 Å². The number of thioether (sulfide) groups is 1. The molecule has 0 saturated carbocycles. The van der Waals surface area contributed by atoms with Gasteiger partial charge in [0.15, 0.2) is 0 Å². The first-order valence-corrected chi connectivity index (χ1v) is 5.27. The molecule has 0 heterocycles. The minimum atomic E-state index is -0.844. The van der Waals surface area contributed by atoms with Crippen LogP contribution in [0.1, 0.15) is 10.4 Å². The fourth-order valence-electron chi connectivity index (χ4n) is 0.941. The molecule has 0 radical (unpaired) electrons. The molecule has 1 N–H and O–H groups in total. The van der Waals surface area contributed by atoms with Crippen LogP contribution in [0.5, 0.6) is 0 Å². The quantitative estimate of drug-likeness (QED) is 0.785. The second-order valence-electron chi connectivity index (χ2n) is 2.54. The van der Waals surface area contributed by atoms with E-state index < -0.39 is 23.1 Å². The predicted molar refractivity (Wildman–Crippen MR) is 52.2 cm³/mol. The summed E-state index contributed by atoms with van der Waals surface area (Å²) in [6, 6.07) is 3.32. The maximum Gasteiger partial charge on any atom is 0.257 e. The fraction of sp³-hybridized carbons (Fsp3) is 0.222. The number of nitrogens with one attached hydrogen (secondary N) is 1. The molecule has 5 heteroatoms. The number of hydrogen-bond acceptors (Lipinski definition) is 2. The van der Waals surface area contributed by atoms with Crippen LogP contribution in [0.2, 0.25) is 0 Å². The first-order valence-electron chi connectivity index (χ1n) is 3.88. The summed E-state index contributed by atoms with van der Waals surface area (Å²) in [7, 11) is 0. The third-order valence-electron chi connectivity index (χ3n) is 1.57. The number of halogens is 2. The molecule has 0 aromatic heterocycles. The lowest BCUT2D eigenvalue weighted by Crippen LogP contribution is -2.24. The minimum Gasteiger partial charge on any atom is -0.343 e. The Hall–Kier alpha value is -1.10. The summed E-state index contributed by atoms with van der Waals surface area (Å²) in [5.74, 6) is -2.09. The van der Waals surface area contributed by atoms with Gasteiger partial charge in [0.25, 0.3) is 5.91 Å². The van der Waals surface area contributed by atoms with Gasteiger partial charge in [-0.1, -0.05) is 6.07 Å². The Labute approximate surface area is 84.7 Å². The van der Waals surface area contributed by atoms with E-state index in [-0.39, 0.29) is 0 Å². The van der Waals surface area contributed by atoms with Crippen LogP contribution in [-0.4, -0.2) is 18.0 Å². The van der Waals surface area contributed by atoms with Crippen molar-refractivity contribution in [3.63, 3.8) is 0 Å². The first-order chi connectivity index (χ1) is 6.66. The molecule has 1 amide bonds. The lowest BCUT2D eigenvalue weighted by Gasteiger charge is -2.04. The molecule has 1 rings (SSSR count). The van der Waals surface area contributed by atoms with Crippen LogP contribution in [0.15, 0.2) is 18.2 Å². The third kappa shape index (κ3) is 2.45. The van der Waals surface area contributed by atoms with Crippen LogP contribution in [0.3, 0.4) is 0 Å². The van der Waals surface area contributed by atoms with Gasteiger partial charge in [-0.05, 0) is 18.4 Å². The lowest BCUT2D eigenvalue weighted by atomic mass is 10.2. The van der Waals surface area contributed by atoms with Crippen molar-refractivity contribution in [2.75, 3.05) is 12.1 Å². The van der Waals surface area contributed by atoms with Gasteiger partial charge in [0, 0.05) is 0 Å². The smallest absolute Gasteiger partial charge is 0.257 e. The standard InChI is InChI=1S/C9H9F2NOS/c1-14-5-12-9(13)8-6(10)3-2-4-7(8)11/h2-4H,5H2,1H3,(H,12,13). The Balaban J connectivity index is 2.89. The number of amides is 1. The van der Waals surface area contributed by atoms with Gasteiger partial charge in [-0.3, -0.25) is 4.79 Å². The van der Waals surface area contributed by atoms with Gasteiger partial charge >= 0.3 is 0 Å². The molecule has 1 aromatic carbocycles. The molecule has 0 atom stereocenters. The van der Waals surface area contributed by atoms with E-state index in [9.17, 15) is 13.6 Å². The molecule has 0 bridgehead atoms. The Morgan fingerprint density at radius 1 is 1.43 bits per heavy atom. The van der Waals surface area contributed by atoms with Gasteiger partial charge in [-0.2, -0.15) is 0 Å². The summed E-state index contributed by atoms with van der Waals surface area (Å²) < 4.78 is 26.0. The predicted octanol–water partition coefficient (Wildman–Crippen LogP) is 2.02. The zero-order valence-corrected chi connectivity index (χ0v) is 8.33. The average Bonchev–Trinajstić information content (AvgIpc) is 2.14. The van der Waals surface area contributed by atoms with Gasteiger partial charge in [-0.25, -0.2) is 8.78 Å². The topological polar surface area (TPSA) is 29.1 Å². The van der Waals surface area contributed by atoms with E-state index in [0.29, 0.717) is 5.88 Å². The SMILES string of the molecule is CSCNC(=O)c1c(F)cccc1F. The van der Waals surface area contributed by atoms with Crippen LogP contribution in [0.4, 0.5) is 8.78 Å². The fourth-order valence-corrected chi connectivity index (χ4v) is 1.22. The van der Waals surface area contributed by atoms with Gasteiger partial charge in [0.05, 0.1) is 5.88 Å². The summed E-state index contributed by atoms with van der Waals surface area (Å²) in [5.41, 5.74) is -0.526. The highest BCUT2D eigenvalue weighted by Gasteiger charge is 2.15. The zero-order valence-electron chi connectivity index (χ0n) is 7.51. The molecule has 76 valence electrons. The van der Waals surface area contributed by atoms with Gasteiger partial charge < -0.3 is 5.32 Å². The molecular weight excluding hydrogens is 208 g/mol. The highest BCUT2D eigenvalue weighted by molar-refractivity contribution is 7.98. The van der Waals surface area contributed by atoms with Crippen molar-refractivity contribution in [3.8, 4) is 0 Å². The van der Waals surface area contributed by atoms with Gasteiger partial charge in [0.1, 0.15) is 17.2 Å². The summed E-state index contributed by atoms with van der Waals surface area (Å²) in [5, 5.41) is 2.37. The molecule has 14 heavy (non-hydrogen) atoms. The first kappa shape index (κ1) is 11.0. The van der Waals surface area contributed by atoms with Crippen LogP contribution in [-0.2, 0) is 0 Å². The molecule has 0 aliphatic heterocycles. The summed E-state index contributed by atoms with van der Waals surface area (Å²) >= 11 is 1.36. The highest BCUT2D eigenvalue weighted by Crippen LogP contribution is 2.11. The van der Waals surface area contributed by atoms with E-state index in [1.165, 1.54) is 17.8 Å². The van der Waals surface area contributed by atoms with Gasteiger partial charge in [-0.15, -0.1) is 11.8 Å². The molecule has 0 aliphatic carbocycles. The van der Waals surface area contributed by atoms with Crippen LogP contribution >= 0.6 is 11.8 Å². The van der Waals surface area contributed by atoms with Crippen molar-refractivity contribution in [3.05, 3.63) is 35.4 Å². The maximum absolute atomic E-state index is 13.0. The molecule has 0 aliphatic rings. The average molecular weight is 217 g/mol. The number of hydrogen-bond donors (Lipinski definition) is 1. The number of rotatable bonds is 3. The zero-order chi connectivity index (χ0) is 10.6. The number of carbonyl (C=O) groups excluding carboxylic acids is 1. The summed E-state index contributed by atoms with van der Waals surface area (Å²) in [6.07, 6.45) is 1.78. The highest BCUT2D eigenvalue weighted by atomic mass is 32.2. The van der Waals surface area contributed by atoms with Crippen LogP contribution in [0.25, 0.3) is 0 Å². The van der Waals surface area contributed by atoms with Gasteiger partial charge in [0.2, 0.25) is 0 Å². The largest absolute Gasteiger partial charge is 0.343 e. The van der Waals surface area contributed by atoms with E-state index >= 15 is 0 Å². The Bertz CT molecular complexity index is 323. The summed E-state index contributed by atoms with van der Waals surface area (Å²) in [6.45, 7) is 0. The Morgan fingerprint density at radius 2 is 2.00 bits per heavy atom. The molecule has 0 spiro atoms. The lowest BCUT2D eigenvalue weighted by molar-refractivity contribution is 0.0952. The van der Waals surface area contributed by atoms with Crippen molar-refractivity contribution in [1.29, 1.82) is 0 Å². The minimum absolute atomic E-state index is 0.326. The van der Waals surface area contributed by atoms with E-state index in [1.807, 2.05) is 0 Å². The maximum atomic E-state index is 13.0. The molecule has 0 fully saturated rings. The van der Waals surface area contributed by atoms with Crippen molar-refractivity contribution in [2.45, 2.75) is 0 Å². The molecular formula is C9H9F2NOS. The molecule has 2 nitrogen and oxygen atoms in total. The van der Waals surface area contributed by atoms with Crippen molar-refractivity contribution < 1.29 is 13.6 Å². The monoisotopic (exact) mass is 217 g/mol. The Morgan fingerprint density at radius 3 is 2.50 bits per heavy atom. The molecule has 0 saturated heterocycles. The Kier molecular flexibility index (Phi) is 3.88. The number of carbonyl (C=O) groups is 1. The molecule has 1 aromatic rings. The van der Waals surface area contributed by atoms with E-state index in [1.54, 1.807) is 6.26 Å². The second kappa shape index (κ2) is 4.95. The van der Waals surface area contributed by atoms with Crippen LogP contribution < -0.4 is 5.32 Å². The van der Waals surface area contributed by atoms with Crippen molar-refractivity contribution in [2.24, 2.45) is 0 Å². The summed E-state index contributed by atoms with van der Waals surface area (Å²) in [4.78, 5) is 11.2. The van der Waals surface area contributed by atoms with Crippen LogP contribution in [0, 0.1) is 11.6 Å². The molecule has 0 unspecified atom stereocenters.